The second-order valence-electron chi connectivity index (χ2n) is 19.9. The Morgan fingerprint density at radius 1 is 0.705 bits per heavy atom. The van der Waals surface area contributed by atoms with E-state index >= 15 is 0 Å². The third-order valence-electron chi connectivity index (χ3n) is 14.7. The van der Waals surface area contributed by atoms with Gasteiger partial charge in [-0.05, 0) is 0 Å². The van der Waals surface area contributed by atoms with Gasteiger partial charge in [0.2, 0.25) is 0 Å². The van der Waals surface area contributed by atoms with Gasteiger partial charge in [-0.25, -0.2) is 0 Å². The molecule has 1 amide bonds. The van der Waals surface area contributed by atoms with Crippen molar-refractivity contribution in [3.8, 4) is 11.5 Å². The van der Waals surface area contributed by atoms with Crippen molar-refractivity contribution in [2.45, 2.75) is 77.2 Å². The molecule has 2 N–H and O–H groups in total. The van der Waals surface area contributed by atoms with Crippen LogP contribution in [0.3, 0.4) is 0 Å². The van der Waals surface area contributed by atoms with Crippen molar-refractivity contribution in [1.29, 1.82) is 0 Å². The monoisotopic (exact) mass is 1080 g/mol. The van der Waals surface area contributed by atoms with Crippen LogP contribution in [0.25, 0.3) is 0 Å². The molecule has 0 spiro atoms. The minimum atomic E-state index is -4.47. The van der Waals surface area contributed by atoms with E-state index in [1.807, 2.05) is 110 Å². The SMILES string of the molecule is CC=C([Si](c1ccccc1)(c1ccccc1)c1ccccc1)[PH](O)(O[C@H]1C[C@H](n2ccc(NC(=O)c3ccccc3)nc2=O)O[C@@H]1COC(c1ccccc1)(c1ccc(OC)cc1)c1ccc(OC)cc1)N(C(C)C)C(C)C. The first kappa shape index (κ1) is 55.4. The molecule has 1 aromatic heterocycles. The molecule has 1 aliphatic rings. The molecule has 14 heteroatoms. The Morgan fingerprint density at radius 2 is 1.15 bits per heavy atom. The van der Waals surface area contributed by atoms with Gasteiger partial charge in [-0.1, -0.05) is 18.2 Å². The summed E-state index contributed by atoms with van der Waals surface area (Å²) in [5.74, 6) is 1.06. The van der Waals surface area contributed by atoms with E-state index in [1.54, 1.807) is 50.7 Å². The van der Waals surface area contributed by atoms with Gasteiger partial charge in [0, 0.05) is 0 Å². The Balaban J connectivity index is 1.22. The zero-order valence-electron chi connectivity index (χ0n) is 45.2. The van der Waals surface area contributed by atoms with Crippen molar-refractivity contribution >= 4 is 43.2 Å². The molecular weight excluding hydrogens is 1010 g/mol. The number of anilines is 1. The molecule has 78 heavy (non-hydrogen) atoms. The van der Waals surface area contributed by atoms with Crippen LogP contribution in [0.5, 0.6) is 11.5 Å². The number of hydrogen-bond acceptors (Lipinski definition) is 10. The van der Waals surface area contributed by atoms with Crippen molar-refractivity contribution in [3.05, 3.63) is 256 Å². The number of benzene rings is 7. The molecule has 9 rings (SSSR count). The van der Waals surface area contributed by atoms with E-state index < -0.39 is 51.6 Å². The summed E-state index contributed by atoms with van der Waals surface area (Å²) in [6, 6.07) is 67.2. The molecule has 0 radical (unpaired) electrons. The molecule has 2 heterocycles. The van der Waals surface area contributed by atoms with E-state index in [0.717, 1.165) is 37.2 Å². The van der Waals surface area contributed by atoms with Crippen LogP contribution in [0.1, 0.15) is 74.3 Å². The van der Waals surface area contributed by atoms with Gasteiger partial charge in [0.05, 0.1) is 0 Å². The summed E-state index contributed by atoms with van der Waals surface area (Å²) < 4.78 is 37.4. The van der Waals surface area contributed by atoms with Gasteiger partial charge < -0.3 is 0 Å². The molecule has 1 aliphatic heterocycles. The van der Waals surface area contributed by atoms with E-state index in [4.69, 9.17) is 23.5 Å². The van der Waals surface area contributed by atoms with E-state index in [1.165, 1.54) is 4.57 Å². The number of nitrogens with one attached hydrogen (secondary N) is 1. The van der Waals surface area contributed by atoms with Gasteiger partial charge in [0.15, 0.2) is 0 Å². The second-order valence-corrected chi connectivity index (χ2v) is 26.7. The summed E-state index contributed by atoms with van der Waals surface area (Å²) in [6.45, 7) is 10.3. The molecule has 3 atom stereocenters. The zero-order chi connectivity index (χ0) is 54.9. The van der Waals surface area contributed by atoms with Gasteiger partial charge in [-0.3, -0.25) is 0 Å². The summed E-state index contributed by atoms with van der Waals surface area (Å²) in [6.07, 6.45) is 1.11. The number of amides is 1. The quantitative estimate of drug-likeness (QED) is 0.0407. The van der Waals surface area contributed by atoms with Gasteiger partial charge in [-0.15, -0.1) is 0 Å². The first-order valence-corrected chi connectivity index (χ1v) is 30.3. The molecule has 8 aromatic rings. The summed E-state index contributed by atoms with van der Waals surface area (Å²) in [4.78, 5) is 47.5. The third-order valence-corrected chi connectivity index (χ3v) is 24.8. The maximum atomic E-state index is 14.7. The Kier molecular flexibility index (Phi) is 17.5. The second kappa shape index (κ2) is 24.6. The normalized spacial score (nSPS) is 16.3. The zero-order valence-corrected chi connectivity index (χ0v) is 47.2. The van der Waals surface area contributed by atoms with E-state index in [2.05, 4.69) is 122 Å². The molecule has 0 unspecified atom stereocenters. The number of rotatable bonds is 21. The van der Waals surface area contributed by atoms with Crippen molar-refractivity contribution in [3.63, 3.8) is 0 Å². The van der Waals surface area contributed by atoms with Crippen LogP contribution < -0.4 is 36.0 Å². The maximum absolute atomic E-state index is 14.7. The first-order valence-electron chi connectivity index (χ1n) is 26.5. The van der Waals surface area contributed by atoms with Gasteiger partial charge >= 0.3 is 443 Å². The molecule has 0 aliphatic carbocycles. The molecule has 7 aromatic carbocycles. The molecule has 1 fully saturated rings. The van der Waals surface area contributed by atoms with Crippen molar-refractivity contribution in [1.82, 2.24) is 14.2 Å². The summed E-state index contributed by atoms with van der Waals surface area (Å²) in [7, 11) is -4.65. The summed E-state index contributed by atoms with van der Waals surface area (Å²) in [5.41, 5.74) is 1.02. The van der Waals surface area contributed by atoms with Crippen LogP contribution in [-0.4, -0.2) is 78.2 Å². The van der Waals surface area contributed by atoms with Crippen LogP contribution >= 0.6 is 7.87 Å². The van der Waals surface area contributed by atoms with Gasteiger partial charge in [0.25, 0.3) is 0 Å². The Bertz CT molecular complexity index is 3170. The number of methoxy groups -OCH3 is 2. The molecule has 1 saturated heterocycles. The average Bonchev–Trinajstić information content (AvgIpc) is 4.00. The fraction of sp³-hybridized carbons (Fsp3) is 0.234. The number of ether oxygens (including phenoxy) is 4. The molecular formula is C64H69N4O8PSi. The molecule has 0 bridgehead atoms. The van der Waals surface area contributed by atoms with Crippen LogP contribution in [0.4, 0.5) is 5.82 Å². The van der Waals surface area contributed by atoms with Crippen molar-refractivity contribution in [2.75, 3.05) is 26.1 Å². The predicted molar refractivity (Wildman–Crippen MR) is 315 cm³/mol. The molecule has 402 valence electrons. The third kappa shape index (κ3) is 11.1. The van der Waals surface area contributed by atoms with Crippen molar-refractivity contribution < 1.29 is 33.2 Å². The number of carbonyl (C=O) groups excluding carboxylic acids is 1. The fourth-order valence-corrected chi connectivity index (χ4v) is 22.6. The summed E-state index contributed by atoms with van der Waals surface area (Å²) >= 11 is 0. The first-order chi connectivity index (χ1) is 37.9. The summed E-state index contributed by atoms with van der Waals surface area (Å²) in [5, 5.41) is 6.02. The van der Waals surface area contributed by atoms with E-state index in [0.29, 0.717) is 17.1 Å². The number of carbonyl (C=O) groups is 1. The topological polar surface area (TPSA) is 134 Å². The van der Waals surface area contributed by atoms with Crippen molar-refractivity contribution in [2.24, 2.45) is 0 Å². The fourth-order valence-electron chi connectivity index (χ4n) is 11.4. The van der Waals surface area contributed by atoms with E-state index in [9.17, 15) is 14.5 Å². The molecule has 12 nitrogen and oxygen atoms in total. The van der Waals surface area contributed by atoms with Gasteiger partial charge in [0.1, 0.15) is 0 Å². The van der Waals surface area contributed by atoms with Gasteiger partial charge in [-0.2, -0.15) is 0 Å². The predicted octanol–water partition coefficient (Wildman–Crippen LogP) is 10.4. The Labute approximate surface area is 459 Å². The number of nitrogens with zero attached hydrogens (tertiary/aromatic N) is 3. The standard InChI is InChI=1S/C64H69N4O8PSi/c1-8-61(78(54-28-18-11-19-29-54,55-30-20-12-21-31-55)56-32-22-13-23-33-56)77(71,68(46(2)3)47(4)5)76-57-44-60(67-43-42-59(66-63(67)70)65-62(69)48-24-14-9-15-25-48)75-58(57)45-74-64(49-26-16-10-17-27-49,50-34-38-52(72-6)39-35-50)51-36-40-53(73-7)41-37-51/h8-43,46-47,57-58,60,71,77H,44-45H2,1-7H3,(H,65,66,69,70)/t57-,58+,60+/m0/s1. The Hall–Kier alpha value is -7.32. The molecule has 0 saturated carbocycles. The number of hydrogen-bond donors (Lipinski definition) is 2. The van der Waals surface area contributed by atoms with Crippen LogP contribution in [0.2, 0.25) is 0 Å². The van der Waals surface area contributed by atoms with Crippen LogP contribution in [-0.2, 0) is 19.6 Å². The van der Waals surface area contributed by atoms with Crippen LogP contribution in [0, 0.1) is 0 Å². The minimum absolute atomic E-state index is 0.0703. The average molecular weight is 1080 g/mol. The number of aromatic nitrogens is 2. The number of allylic oxidation sites excluding steroid dienone is 1. The van der Waals surface area contributed by atoms with E-state index in [-0.39, 0.29) is 30.9 Å². The van der Waals surface area contributed by atoms with Crippen LogP contribution in [0.15, 0.2) is 228 Å². The Morgan fingerprint density at radius 3 is 1.59 bits per heavy atom.